The highest BCUT2D eigenvalue weighted by molar-refractivity contribution is 5.67. The first-order chi connectivity index (χ1) is 10.4. The van der Waals surface area contributed by atoms with Crippen molar-refractivity contribution in [2.24, 2.45) is 0 Å². The summed E-state index contributed by atoms with van der Waals surface area (Å²) < 4.78 is 0. The van der Waals surface area contributed by atoms with Crippen molar-refractivity contribution in [2.45, 2.75) is 0 Å². The fourth-order valence-corrected chi connectivity index (χ4v) is 2.14. The number of rotatable bonds is 4. The summed E-state index contributed by atoms with van der Waals surface area (Å²) in [6, 6.07) is 30.7. The lowest BCUT2D eigenvalue weighted by Crippen LogP contribution is -2.08. The van der Waals surface area contributed by atoms with Gasteiger partial charge in [0.25, 0.3) is 0 Å². The lowest BCUT2D eigenvalue weighted by atomic mass is 10.2. The zero-order chi connectivity index (χ0) is 14.3. The van der Waals surface area contributed by atoms with E-state index in [0.717, 1.165) is 16.9 Å². The first kappa shape index (κ1) is 13.2. The molecule has 0 spiro atoms. The van der Waals surface area contributed by atoms with Crippen LogP contribution < -0.4 is 4.90 Å². The molecule has 0 atom stereocenters. The van der Waals surface area contributed by atoms with Gasteiger partial charge in [0.2, 0.25) is 0 Å². The molecule has 3 aromatic carbocycles. The number of para-hydroxylation sites is 2. The fraction of sp³-hybridized carbons (Fsp3) is 0. The molecule has 0 heterocycles. The Hall–Kier alpha value is -2.80. The second-order valence-electron chi connectivity index (χ2n) is 4.69. The van der Waals surface area contributed by atoms with Gasteiger partial charge in [-0.15, -0.1) is 0 Å². The highest BCUT2D eigenvalue weighted by Crippen LogP contribution is 2.25. The number of hydrogen-bond donors (Lipinski definition) is 0. The van der Waals surface area contributed by atoms with E-state index in [2.05, 4.69) is 47.5 Å². The Morgan fingerprint density at radius 2 is 1.00 bits per heavy atom. The topological polar surface area (TPSA) is 3.24 Å². The first-order valence-corrected chi connectivity index (χ1v) is 6.98. The van der Waals surface area contributed by atoms with Gasteiger partial charge in [-0.25, -0.2) is 0 Å². The smallest absolute Gasteiger partial charge is 0.0708 e. The summed E-state index contributed by atoms with van der Waals surface area (Å²) in [5.74, 6) is 0. The number of nitrogens with zero attached hydrogens (tertiary/aromatic N) is 1. The summed E-state index contributed by atoms with van der Waals surface area (Å²) in [7, 11) is 0. The zero-order valence-electron chi connectivity index (χ0n) is 11.7. The maximum absolute atomic E-state index is 3.38. The van der Waals surface area contributed by atoms with E-state index in [-0.39, 0.29) is 0 Å². The van der Waals surface area contributed by atoms with E-state index in [9.17, 15) is 0 Å². The monoisotopic (exact) mass is 270 g/mol. The Labute approximate surface area is 125 Å². The van der Waals surface area contributed by atoms with Crippen LogP contribution in [0.1, 0.15) is 5.56 Å². The van der Waals surface area contributed by atoms with E-state index in [4.69, 9.17) is 0 Å². The van der Waals surface area contributed by atoms with E-state index < -0.39 is 0 Å². The third-order valence-corrected chi connectivity index (χ3v) is 3.19. The number of hydrogen-bond acceptors (Lipinski definition) is 1. The normalized spacial score (nSPS) is 10.7. The Kier molecular flexibility index (Phi) is 4.13. The molecule has 1 nitrogen and oxygen atoms in total. The Bertz CT molecular complexity index is 648. The van der Waals surface area contributed by atoms with Crippen LogP contribution in [0.15, 0.2) is 91.0 Å². The molecule has 0 N–H and O–H groups in total. The van der Waals surface area contributed by atoms with Crippen LogP contribution in [0.3, 0.4) is 0 Å². The van der Waals surface area contributed by atoms with Crippen LogP contribution in [0, 0.1) is 6.20 Å². The van der Waals surface area contributed by atoms with Crippen LogP contribution in [0.4, 0.5) is 11.4 Å². The van der Waals surface area contributed by atoms with Crippen molar-refractivity contribution in [1.82, 2.24) is 0 Å². The molecule has 0 saturated heterocycles. The van der Waals surface area contributed by atoms with Gasteiger partial charge < -0.3 is 4.90 Å². The van der Waals surface area contributed by atoms with Gasteiger partial charge >= 0.3 is 0 Å². The minimum absolute atomic E-state index is 1.09. The minimum Gasteiger partial charge on any atom is -0.308 e. The van der Waals surface area contributed by atoms with Crippen LogP contribution in [-0.2, 0) is 0 Å². The van der Waals surface area contributed by atoms with Gasteiger partial charge in [0.15, 0.2) is 0 Å². The average molecular weight is 270 g/mol. The van der Waals surface area contributed by atoms with Gasteiger partial charge in [-0.1, -0.05) is 66.7 Å². The SMILES string of the molecule is [C](=Cc1ccccc1)N(c1ccccc1)c1ccccc1. The molecule has 101 valence electrons. The molecule has 0 unspecified atom stereocenters. The van der Waals surface area contributed by atoms with Crippen LogP contribution in [-0.4, -0.2) is 0 Å². The molecule has 3 rings (SSSR count). The molecule has 3 aromatic rings. The molecule has 21 heavy (non-hydrogen) atoms. The van der Waals surface area contributed by atoms with Crippen molar-refractivity contribution in [2.75, 3.05) is 4.90 Å². The molecule has 0 aliphatic rings. The molecule has 0 aliphatic carbocycles. The maximum Gasteiger partial charge on any atom is 0.0708 e. The lowest BCUT2D eigenvalue weighted by Gasteiger charge is -2.19. The molecule has 0 aromatic heterocycles. The van der Waals surface area contributed by atoms with Crippen molar-refractivity contribution in [3.8, 4) is 0 Å². The summed E-state index contributed by atoms with van der Waals surface area (Å²) >= 11 is 0. The van der Waals surface area contributed by atoms with Crippen LogP contribution in [0.5, 0.6) is 0 Å². The number of benzene rings is 3. The maximum atomic E-state index is 3.38. The molecule has 0 aliphatic heterocycles. The summed E-state index contributed by atoms with van der Waals surface area (Å²) in [5, 5.41) is 0. The van der Waals surface area contributed by atoms with Crippen molar-refractivity contribution >= 4 is 17.5 Å². The number of anilines is 2. The Morgan fingerprint density at radius 3 is 1.48 bits per heavy atom. The van der Waals surface area contributed by atoms with Crippen molar-refractivity contribution in [3.63, 3.8) is 0 Å². The largest absolute Gasteiger partial charge is 0.308 e. The van der Waals surface area contributed by atoms with Crippen molar-refractivity contribution < 1.29 is 0 Å². The van der Waals surface area contributed by atoms with Gasteiger partial charge in [0.1, 0.15) is 0 Å². The molecule has 0 bridgehead atoms. The minimum atomic E-state index is 1.09. The predicted molar refractivity (Wildman–Crippen MR) is 89.2 cm³/mol. The van der Waals surface area contributed by atoms with Crippen LogP contribution >= 0.6 is 0 Å². The summed E-state index contributed by atoms with van der Waals surface area (Å²) in [5.41, 5.74) is 3.32. The van der Waals surface area contributed by atoms with Crippen LogP contribution in [0.25, 0.3) is 6.08 Å². The van der Waals surface area contributed by atoms with E-state index in [0.29, 0.717) is 0 Å². The third kappa shape index (κ3) is 3.40. The van der Waals surface area contributed by atoms with Gasteiger partial charge in [-0.05, 0) is 35.9 Å². The second kappa shape index (κ2) is 6.58. The molecule has 0 amide bonds. The molecule has 0 fully saturated rings. The van der Waals surface area contributed by atoms with E-state index in [1.165, 1.54) is 0 Å². The Balaban J connectivity index is 1.96. The van der Waals surface area contributed by atoms with E-state index in [1.807, 2.05) is 60.7 Å². The van der Waals surface area contributed by atoms with Gasteiger partial charge in [0, 0.05) is 11.4 Å². The molecule has 0 saturated carbocycles. The zero-order valence-corrected chi connectivity index (χ0v) is 11.7. The standard InChI is InChI=1S/C20H16N/c1-4-10-18(11-5-1)16-17-21(19-12-6-2-7-13-19)20-14-8-3-9-15-20/h1-16H. The Morgan fingerprint density at radius 1 is 0.571 bits per heavy atom. The second-order valence-corrected chi connectivity index (χ2v) is 4.69. The molecular weight excluding hydrogens is 254 g/mol. The molecule has 1 radical (unpaired) electrons. The lowest BCUT2D eigenvalue weighted by molar-refractivity contribution is 1.26. The summed E-state index contributed by atoms with van der Waals surface area (Å²) in [4.78, 5) is 2.06. The van der Waals surface area contributed by atoms with E-state index in [1.54, 1.807) is 0 Å². The van der Waals surface area contributed by atoms with Gasteiger partial charge in [0.05, 0.1) is 6.20 Å². The highest BCUT2D eigenvalue weighted by Gasteiger charge is 2.05. The third-order valence-electron chi connectivity index (χ3n) is 3.19. The van der Waals surface area contributed by atoms with Crippen LogP contribution in [0.2, 0.25) is 0 Å². The highest BCUT2D eigenvalue weighted by atomic mass is 15.1. The summed E-state index contributed by atoms with van der Waals surface area (Å²) in [6.07, 6.45) is 5.38. The van der Waals surface area contributed by atoms with Gasteiger partial charge in [-0.3, -0.25) is 0 Å². The average Bonchev–Trinajstić information content (AvgIpc) is 2.58. The van der Waals surface area contributed by atoms with Gasteiger partial charge in [-0.2, -0.15) is 0 Å². The molecule has 1 heteroatoms. The fourth-order valence-electron chi connectivity index (χ4n) is 2.14. The quantitative estimate of drug-likeness (QED) is 0.581. The van der Waals surface area contributed by atoms with Crippen molar-refractivity contribution in [1.29, 1.82) is 0 Å². The predicted octanol–water partition coefficient (Wildman–Crippen LogP) is 5.30. The van der Waals surface area contributed by atoms with Crippen molar-refractivity contribution in [3.05, 3.63) is 103 Å². The van der Waals surface area contributed by atoms with E-state index >= 15 is 0 Å². The summed E-state index contributed by atoms with van der Waals surface area (Å²) in [6.45, 7) is 0. The first-order valence-electron chi connectivity index (χ1n) is 6.98. The molecular formula is C20H16N.